The average Bonchev–Trinajstić information content (AvgIpc) is 2.28. The molecule has 0 bridgehead atoms. The standard InChI is InChI=1S/C11H18F2N4/c1-8(5-10(3)16-12)14-7-15-9(2)6-11(4)17-13/h5-7H2,1-4H3. The summed E-state index contributed by atoms with van der Waals surface area (Å²) in [4.78, 5) is 8.27. The van der Waals surface area contributed by atoms with Crippen molar-refractivity contribution in [3.8, 4) is 0 Å². The maximum atomic E-state index is 11.8. The molecule has 0 fully saturated rings. The molecule has 0 aromatic rings. The second kappa shape index (κ2) is 8.66. The highest BCUT2D eigenvalue weighted by Gasteiger charge is 1.97. The van der Waals surface area contributed by atoms with Gasteiger partial charge in [0.2, 0.25) is 0 Å². The molecular weight excluding hydrogens is 226 g/mol. The van der Waals surface area contributed by atoms with Gasteiger partial charge < -0.3 is 0 Å². The zero-order chi connectivity index (χ0) is 13.3. The lowest BCUT2D eigenvalue weighted by molar-refractivity contribution is 0.535. The van der Waals surface area contributed by atoms with E-state index in [-0.39, 0.29) is 6.67 Å². The largest absolute Gasteiger partial charge is 0.271 e. The van der Waals surface area contributed by atoms with Crippen LogP contribution < -0.4 is 0 Å². The molecule has 0 radical (unpaired) electrons. The van der Waals surface area contributed by atoms with Gasteiger partial charge in [0.25, 0.3) is 0 Å². The zero-order valence-electron chi connectivity index (χ0n) is 10.7. The van der Waals surface area contributed by atoms with Gasteiger partial charge in [-0.2, -0.15) is 0 Å². The Morgan fingerprint density at radius 2 is 1.06 bits per heavy atom. The third-order valence-corrected chi connectivity index (χ3v) is 1.99. The highest BCUT2D eigenvalue weighted by atomic mass is 19.2. The van der Waals surface area contributed by atoms with Gasteiger partial charge in [-0.1, -0.05) is 19.4 Å². The quantitative estimate of drug-likeness (QED) is 0.643. The predicted octanol–water partition coefficient (Wildman–Crippen LogP) is 3.34. The van der Waals surface area contributed by atoms with Crippen molar-refractivity contribution >= 4 is 22.8 Å². The molecule has 17 heavy (non-hydrogen) atoms. The van der Waals surface area contributed by atoms with E-state index in [1.165, 1.54) is 0 Å². The molecule has 0 heterocycles. The smallest absolute Gasteiger partial charge is 0.129 e. The number of rotatable bonds is 6. The van der Waals surface area contributed by atoms with E-state index in [9.17, 15) is 8.96 Å². The number of hydrogen-bond donors (Lipinski definition) is 0. The second-order valence-electron chi connectivity index (χ2n) is 3.92. The zero-order valence-corrected chi connectivity index (χ0v) is 10.7. The van der Waals surface area contributed by atoms with Gasteiger partial charge in [0.15, 0.2) is 0 Å². The molecule has 0 aliphatic rings. The van der Waals surface area contributed by atoms with Crippen LogP contribution in [0.15, 0.2) is 20.4 Å². The lowest BCUT2D eigenvalue weighted by atomic mass is 10.2. The van der Waals surface area contributed by atoms with Crippen LogP contribution in [-0.4, -0.2) is 29.5 Å². The molecule has 0 aliphatic heterocycles. The van der Waals surface area contributed by atoms with Crippen molar-refractivity contribution in [1.29, 1.82) is 0 Å². The van der Waals surface area contributed by atoms with Crippen LogP contribution in [0.1, 0.15) is 40.5 Å². The monoisotopic (exact) mass is 244 g/mol. The Hall–Kier alpha value is -1.46. The van der Waals surface area contributed by atoms with E-state index in [1.54, 1.807) is 27.7 Å². The fraction of sp³-hybridized carbons (Fsp3) is 0.636. The van der Waals surface area contributed by atoms with Crippen LogP contribution in [0.5, 0.6) is 0 Å². The lowest BCUT2D eigenvalue weighted by Gasteiger charge is -1.99. The van der Waals surface area contributed by atoms with Crippen molar-refractivity contribution in [2.45, 2.75) is 40.5 Å². The number of aliphatic imine (C=N–C) groups is 2. The maximum Gasteiger partial charge on any atom is 0.129 e. The van der Waals surface area contributed by atoms with E-state index >= 15 is 0 Å². The number of nitrogens with zero attached hydrogens (tertiary/aromatic N) is 4. The summed E-state index contributed by atoms with van der Waals surface area (Å²) in [7, 11) is 0. The van der Waals surface area contributed by atoms with Crippen molar-refractivity contribution in [1.82, 2.24) is 0 Å². The molecule has 0 unspecified atom stereocenters. The molecule has 4 nitrogen and oxygen atoms in total. The fourth-order valence-corrected chi connectivity index (χ4v) is 1.19. The van der Waals surface area contributed by atoms with E-state index in [4.69, 9.17) is 0 Å². The summed E-state index contributed by atoms with van der Waals surface area (Å²) in [6.45, 7) is 7.02. The highest BCUT2D eigenvalue weighted by molar-refractivity contribution is 6.03. The summed E-state index contributed by atoms with van der Waals surface area (Å²) in [5, 5.41) is 5.13. The van der Waals surface area contributed by atoms with Gasteiger partial charge >= 0.3 is 0 Å². The van der Waals surface area contributed by atoms with Crippen LogP contribution in [0.2, 0.25) is 0 Å². The molecular formula is C11H18F2N4. The molecule has 0 amide bonds. The topological polar surface area (TPSA) is 49.4 Å². The number of halogens is 2. The molecule has 0 aromatic carbocycles. The third kappa shape index (κ3) is 8.36. The van der Waals surface area contributed by atoms with Crippen molar-refractivity contribution in [2.24, 2.45) is 20.4 Å². The Kier molecular flexibility index (Phi) is 7.92. The third-order valence-electron chi connectivity index (χ3n) is 1.99. The summed E-state index contributed by atoms with van der Waals surface area (Å²) >= 11 is 0. The molecule has 96 valence electrons. The van der Waals surface area contributed by atoms with Crippen LogP contribution in [0.4, 0.5) is 8.96 Å². The first kappa shape index (κ1) is 15.5. The predicted molar refractivity (Wildman–Crippen MR) is 68.8 cm³/mol. The van der Waals surface area contributed by atoms with Gasteiger partial charge in [0.1, 0.15) is 6.67 Å². The molecule has 0 N–H and O–H groups in total. The minimum Gasteiger partial charge on any atom is -0.271 e. The summed E-state index contributed by atoms with van der Waals surface area (Å²) in [6.07, 6.45) is 0.798. The van der Waals surface area contributed by atoms with Crippen LogP contribution in [0.25, 0.3) is 0 Å². The first-order chi connectivity index (χ1) is 7.99. The molecule has 0 rings (SSSR count). The fourth-order valence-electron chi connectivity index (χ4n) is 1.19. The van der Waals surface area contributed by atoms with Crippen molar-refractivity contribution in [2.75, 3.05) is 6.67 Å². The van der Waals surface area contributed by atoms with E-state index in [1.807, 2.05) is 0 Å². The van der Waals surface area contributed by atoms with Crippen molar-refractivity contribution < 1.29 is 8.96 Å². The Bertz CT molecular complexity index is 322. The molecule has 6 heteroatoms. The molecule has 0 spiro atoms. The van der Waals surface area contributed by atoms with Crippen molar-refractivity contribution in [3.63, 3.8) is 0 Å². The van der Waals surface area contributed by atoms with E-state index < -0.39 is 0 Å². The summed E-state index contributed by atoms with van der Waals surface area (Å²) in [5.41, 5.74) is 2.28. The molecule has 0 aliphatic carbocycles. The lowest BCUT2D eigenvalue weighted by Crippen LogP contribution is -2.03. The molecule has 0 saturated carbocycles. The normalized spacial score (nSPS) is 15.4. The SMILES string of the molecule is CC(CC(C)=NCN=C(C)CC(C)=NF)=NF. The second-order valence-corrected chi connectivity index (χ2v) is 3.92. The Labute approximate surface area is 100 Å². The Morgan fingerprint density at radius 1 is 0.706 bits per heavy atom. The van der Waals surface area contributed by atoms with Gasteiger partial charge in [-0.05, 0) is 27.7 Å². The average molecular weight is 244 g/mol. The van der Waals surface area contributed by atoms with Crippen LogP contribution in [-0.2, 0) is 0 Å². The number of hydrogen-bond acceptors (Lipinski definition) is 4. The first-order valence-corrected chi connectivity index (χ1v) is 5.28. The summed E-state index contributed by atoms with van der Waals surface area (Å²) in [6, 6.07) is 0. The van der Waals surface area contributed by atoms with Crippen molar-refractivity contribution in [3.05, 3.63) is 0 Å². The highest BCUT2D eigenvalue weighted by Crippen LogP contribution is 1.95. The van der Waals surface area contributed by atoms with Crippen LogP contribution in [0.3, 0.4) is 0 Å². The van der Waals surface area contributed by atoms with E-state index in [0.29, 0.717) is 24.3 Å². The van der Waals surface area contributed by atoms with Gasteiger partial charge in [0.05, 0.1) is 11.4 Å². The van der Waals surface area contributed by atoms with Gasteiger partial charge in [-0.3, -0.25) is 9.98 Å². The molecule has 0 aromatic heterocycles. The maximum absolute atomic E-state index is 11.8. The Balaban J connectivity index is 4.19. The van der Waals surface area contributed by atoms with Gasteiger partial charge in [-0.25, -0.2) is 0 Å². The Morgan fingerprint density at radius 3 is 1.35 bits per heavy atom. The summed E-state index contributed by atoms with van der Waals surface area (Å²) < 4.78 is 23.7. The summed E-state index contributed by atoms with van der Waals surface area (Å²) in [5.74, 6) is 0. The minimum atomic E-state index is 0.261. The van der Waals surface area contributed by atoms with Crippen LogP contribution in [0, 0.1) is 0 Å². The van der Waals surface area contributed by atoms with Crippen LogP contribution >= 0.6 is 0 Å². The molecule has 0 saturated heterocycles. The van der Waals surface area contributed by atoms with E-state index in [2.05, 4.69) is 20.4 Å². The minimum absolute atomic E-state index is 0.261. The van der Waals surface area contributed by atoms with Gasteiger partial charge in [-0.15, -0.1) is 0 Å². The van der Waals surface area contributed by atoms with Gasteiger partial charge in [0, 0.05) is 24.3 Å². The van der Waals surface area contributed by atoms with E-state index in [0.717, 1.165) is 11.4 Å². The molecule has 0 atom stereocenters. The first-order valence-electron chi connectivity index (χ1n) is 5.28.